The molecule has 1 atom stereocenters. The Morgan fingerprint density at radius 3 is 2.86 bits per heavy atom. The number of hydrogen-bond donors (Lipinski definition) is 0. The van der Waals surface area contributed by atoms with Gasteiger partial charge in [0.25, 0.3) is 0 Å². The molecule has 0 bridgehead atoms. The number of piperidine rings is 1. The van der Waals surface area contributed by atoms with Gasteiger partial charge < -0.3 is 4.90 Å². The molecular formula is C12H19BrN4O2S2. The average molecular weight is 395 g/mol. The fraction of sp³-hybridized carbons (Fsp3) is 0.667. The summed E-state index contributed by atoms with van der Waals surface area (Å²) in [5, 5.41) is 0.715. The predicted octanol–water partition coefficient (Wildman–Crippen LogP) is 1.82. The van der Waals surface area contributed by atoms with Crippen LogP contribution in [0.15, 0.2) is 15.8 Å². The topological polar surface area (TPSA) is 66.4 Å². The van der Waals surface area contributed by atoms with Gasteiger partial charge in [0.2, 0.25) is 10.0 Å². The number of rotatable bonds is 4. The van der Waals surface area contributed by atoms with Crippen LogP contribution in [0.4, 0.5) is 5.82 Å². The molecular weight excluding hydrogens is 376 g/mol. The van der Waals surface area contributed by atoms with Crippen molar-refractivity contribution in [1.82, 2.24) is 14.3 Å². The highest BCUT2D eigenvalue weighted by atomic mass is 79.9. The van der Waals surface area contributed by atoms with Crippen molar-refractivity contribution >= 4 is 43.5 Å². The molecule has 0 aromatic carbocycles. The number of anilines is 1. The lowest BCUT2D eigenvalue weighted by Gasteiger charge is -2.37. The molecule has 2 heterocycles. The Hall–Kier alpha value is -0.380. The fourth-order valence-corrected chi connectivity index (χ4v) is 3.87. The smallest absolute Gasteiger partial charge is 0.211 e. The van der Waals surface area contributed by atoms with Crippen molar-refractivity contribution < 1.29 is 8.42 Å². The summed E-state index contributed by atoms with van der Waals surface area (Å²) in [5.41, 5.74) is 0. The molecule has 0 saturated carbocycles. The molecule has 1 aliphatic rings. The highest BCUT2D eigenvalue weighted by Gasteiger charge is 2.29. The minimum atomic E-state index is -3.17. The summed E-state index contributed by atoms with van der Waals surface area (Å²) >= 11 is 4.97. The van der Waals surface area contributed by atoms with Crippen LogP contribution in [0, 0.1) is 0 Å². The number of likely N-dealkylation sites (N-methyl/N-ethyl adjacent to an activating group) is 1. The van der Waals surface area contributed by atoms with Gasteiger partial charge in [-0.05, 0) is 35.0 Å². The molecule has 6 nitrogen and oxygen atoms in total. The second-order valence-electron chi connectivity index (χ2n) is 5.05. The van der Waals surface area contributed by atoms with Crippen molar-refractivity contribution in [3.05, 3.63) is 10.7 Å². The fourth-order valence-electron chi connectivity index (χ4n) is 2.38. The van der Waals surface area contributed by atoms with Gasteiger partial charge in [-0.1, -0.05) is 11.8 Å². The Morgan fingerprint density at radius 1 is 1.52 bits per heavy atom. The van der Waals surface area contributed by atoms with E-state index in [9.17, 15) is 8.42 Å². The first-order chi connectivity index (χ1) is 9.82. The lowest BCUT2D eigenvalue weighted by Crippen LogP contribution is -2.48. The predicted molar refractivity (Wildman–Crippen MR) is 89.4 cm³/mol. The Balaban J connectivity index is 2.22. The molecule has 118 valence electrons. The van der Waals surface area contributed by atoms with E-state index in [-0.39, 0.29) is 6.04 Å². The number of halogens is 1. The van der Waals surface area contributed by atoms with Gasteiger partial charge in [-0.15, -0.1) is 0 Å². The standard InChI is InChI=1S/C12H19BrN4O2S2/c1-16(21(3,18)19)9-5-4-6-17(8-9)11-10(13)7-14-12(15-11)20-2/h7,9H,4-6,8H2,1-3H3. The summed E-state index contributed by atoms with van der Waals surface area (Å²) in [7, 11) is -1.53. The van der Waals surface area contributed by atoms with Crippen LogP contribution in [-0.2, 0) is 10.0 Å². The van der Waals surface area contributed by atoms with Crippen LogP contribution in [0.5, 0.6) is 0 Å². The molecule has 1 aromatic rings. The second-order valence-corrected chi connectivity index (χ2v) is 8.72. The molecule has 9 heteroatoms. The zero-order valence-corrected chi connectivity index (χ0v) is 15.5. The molecule has 1 aliphatic heterocycles. The summed E-state index contributed by atoms with van der Waals surface area (Å²) in [4.78, 5) is 10.9. The maximum absolute atomic E-state index is 11.7. The summed E-state index contributed by atoms with van der Waals surface area (Å²) in [5.74, 6) is 0.834. The van der Waals surface area contributed by atoms with Crippen LogP contribution < -0.4 is 4.90 Å². The Labute approximate surface area is 138 Å². The first-order valence-electron chi connectivity index (χ1n) is 6.57. The molecule has 0 N–H and O–H groups in total. The Kier molecular flexibility index (Phi) is 5.50. The highest BCUT2D eigenvalue weighted by Crippen LogP contribution is 2.29. The lowest BCUT2D eigenvalue weighted by molar-refractivity contribution is 0.321. The molecule has 1 aromatic heterocycles. The van der Waals surface area contributed by atoms with E-state index >= 15 is 0 Å². The van der Waals surface area contributed by atoms with Gasteiger partial charge in [0, 0.05) is 32.4 Å². The van der Waals surface area contributed by atoms with Crippen LogP contribution in [0.2, 0.25) is 0 Å². The van der Waals surface area contributed by atoms with Crippen LogP contribution in [0.25, 0.3) is 0 Å². The first-order valence-corrected chi connectivity index (χ1v) is 10.4. The van der Waals surface area contributed by atoms with Crippen LogP contribution >= 0.6 is 27.7 Å². The summed E-state index contributed by atoms with van der Waals surface area (Å²) in [6.07, 6.45) is 6.74. The molecule has 21 heavy (non-hydrogen) atoms. The van der Waals surface area contributed by atoms with Gasteiger partial charge in [-0.2, -0.15) is 0 Å². The molecule has 1 saturated heterocycles. The van der Waals surface area contributed by atoms with Gasteiger partial charge in [0.05, 0.1) is 10.7 Å². The third-order valence-electron chi connectivity index (χ3n) is 3.62. The van der Waals surface area contributed by atoms with E-state index in [2.05, 4.69) is 30.8 Å². The van der Waals surface area contributed by atoms with Crippen molar-refractivity contribution in [3.63, 3.8) is 0 Å². The van der Waals surface area contributed by atoms with Crippen molar-refractivity contribution in [2.75, 3.05) is 37.5 Å². The molecule has 0 radical (unpaired) electrons. The number of nitrogens with zero attached hydrogens (tertiary/aromatic N) is 4. The van der Waals surface area contributed by atoms with Crippen molar-refractivity contribution in [3.8, 4) is 0 Å². The van der Waals surface area contributed by atoms with E-state index in [0.717, 1.165) is 29.7 Å². The number of thioether (sulfide) groups is 1. The van der Waals surface area contributed by atoms with Crippen molar-refractivity contribution in [2.24, 2.45) is 0 Å². The maximum Gasteiger partial charge on any atom is 0.211 e. The minimum Gasteiger partial charge on any atom is -0.354 e. The van der Waals surface area contributed by atoms with E-state index in [1.165, 1.54) is 22.3 Å². The average Bonchev–Trinajstić information content (AvgIpc) is 2.46. The molecule has 2 rings (SSSR count). The normalized spacial score (nSPS) is 20.0. The molecule has 0 aliphatic carbocycles. The van der Waals surface area contributed by atoms with Crippen LogP contribution in [0.3, 0.4) is 0 Å². The van der Waals surface area contributed by atoms with Gasteiger partial charge in [-0.25, -0.2) is 22.7 Å². The highest BCUT2D eigenvalue weighted by molar-refractivity contribution is 9.10. The van der Waals surface area contributed by atoms with Crippen molar-refractivity contribution in [1.29, 1.82) is 0 Å². The molecule has 0 spiro atoms. The molecule has 0 amide bonds. The summed E-state index contributed by atoms with van der Waals surface area (Å²) in [6, 6.07) is -0.0201. The number of sulfonamides is 1. The van der Waals surface area contributed by atoms with E-state index in [0.29, 0.717) is 11.7 Å². The van der Waals surface area contributed by atoms with Gasteiger partial charge in [-0.3, -0.25) is 0 Å². The van der Waals surface area contributed by atoms with Gasteiger partial charge in [0.15, 0.2) is 5.16 Å². The van der Waals surface area contributed by atoms with E-state index in [4.69, 9.17) is 0 Å². The molecule has 1 unspecified atom stereocenters. The van der Waals surface area contributed by atoms with E-state index in [1.807, 2.05) is 6.26 Å². The SMILES string of the molecule is CSc1ncc(Br)c(N2CCCC(N(C)S(C)(=O)=O)C2)n1. The second kappa shape index (κ2) is 6.80. The summed E-state index contributed by atoms with van der Waals surface area (Å²) in [6.45, 7) is 1.52. The zero-order valence-electron chi connectivity index (χ0n) is 12.3. The summed E-state index contributed by atoms with van der Waals surface area (Å²) < 4.78 is 25.7. The van der Waals surface area contributed by atoms with E-state index < -0.39 is 10.0 Å². The van der Waals surface area contributed by atoms with Gasteiger partial charge >= 0.3 is 0 Å². The third-order valence-corrected chi connectivity index (χ3v) is 6.09. The number of hydrogen-bond acceptors (Lipinski definition) is 6. The van der Waals surface area contributed by atoms with E-state index in [1.54, 1.807) is 13.2 Å². The largest absolute Gasteiger partial charge is 0.354 e. The molecule has 1 fully saturated rings. The third kappa shape index (κ3) is 4.08. The quantitative estimate of drug-likeness (QED) is 0.573. The van der Waals surface area contributed by atoms with Crippen molar-refractivity contribution in [2.45, 2.75) is 24.0 Å². The monoisotopic (exact) mass is 394 g/mol. The van der Waals surface area contributed by atoms with Crippen LogP contribution in [-0.4, -0.2) is 61.4 Å². The zero-order chi connectivity index (χ0) is 15.6. The lowest BCUT2D eigenvalue weighted by atomic mass is 10.1. The number of aromatic nitrogens is 2. The first kappa shape index (κ1) is 17.0. The Bertz CT molecular complexity index is 611. The Morgan fingerprint density at radius 2 is 2.24 bits per heavy atom. The van der Waals surface area contributed by atoms with Gasteiger partial charge in [0.1, 0.15) is 5.82 Å². The van der Waals surface area contributed by atoms with Crippen LogP contribution in [0.1, 0.15) is 12.8 Å². The minimum absolute atomic E-state index is 0.0201. The maximum atomic E-state index is 11.7.